The Labute approximate surface area is 103 Å². The van der Waals surface area contributed by atoms with E-state index in [0.717, 1.165) is 25.0 Å². The van der Waals surface area contributed by atoms with Gasteiger partial charge in [0.1, 0.15) is 0 Å². The molecule has 0 heterocycles. The van der Waals surface area contributed by atoms with Crippen LogP contribution in [0.1, 0.15) is 29.9 Å². The van der Waals surface area contributed by atoms with Crippen molar-refractivity contribution in [2.45, 2.75) is 31.2 Å². The second kappa shape index (κ2) is 4.79. The number of hydrogen-bond acceptors (Lipinski definition) is 2. The summed E-state index contributed by atoms with van der Waals surface area (Å²) in [5.41, 5.74) is 3.08. The van der Waals surface area contributed by atoms with E-state index in [1.165, 1.54) is 24.8 Å². The van der Waals surface area contributed by atoms with Gasteiger partial charge in [0.2, 0.25) is 0 Å². The summed E-state index contributed by atoms with van der Waals surface area (Å²) in [6, 6.07) is 9.39. The molecule has 0 amide bonds. The number of hydrogen-bond donors (Lipinski definition) is 1. The van der Waals surface area contributed by atoms with Crippen LogP contribution in [0, 0.1) is 5.92 Å². The molecule has 1 fully saturated rings. The van der Waals surface area contributed by atoms with Gasteiger partial charge in [0.15, 0.2) is 0 Å². The van der Waals surface area contributed by atoms with E-state index in [4.69, 9.17) is 4.74 Å². The Morgan fingerprint density at radius 3 is 2.88 bits per heavy atom. The maximum atomic E-state index is 5.30. The van der Waals surface area contributed by atoms with Crippen molar-refractivity contribution in [3.05, 3.63) is 35.4 Å². The number of methoxy groups -OCH3 is 1. The maximum Gasteiger partial charge on any atom is 0.0618 e. The maximum absolute atomic E-state index is 5.30. The topological polar surface area (TPSA) is 21.3 Å². The minimum Gasteiger partial charge on any atom is -0.383 e. The van der Waals surface area contributed by atoms with Crippen LogP contribution in [-0.4, -0.2) is 26.3 Å². The van der Waals surface area contributed by atoms with Gasteiger partial charge in [-0.2, -0.15) is 0 Å². The third-order valence-corrected chi connectivity index (χ3v) is 4.12. The van der Waals surface area contributed by atoms with E-state index in [2.05, 4.69) is 29.6 Å². The highest BCUT2D eigenvalue weighted by atomic mass is 16.5. The first-order valence-electron chi connectivity index (χ1n) is 6.68. The molecule has 1 N–H and O–H groups in total. The van der Waals surface area contributed by atoms with Gasteiger partial charge in [0.05, 0.1) is 6.61 Å². The van der Waals surface area contributed by atoms with E-state index in [-0.39, 0.29) is 0 Å². The van der Waals surface area contributed by atoms with Crippen LogP contribution < -0.4 is 5.32 Å². The SMILES string of the molecule is COCC(NCC1Cc2ccccc21)C1CC1. The van der Waals surface area contributed by atoms with E-state index >= 15 is 0 Å². The van der Waals surface area contributed by atoms with Crippen molar-refractivity contribution >= 4 is 0 Å². The lowest BCUT2D eigenvalue weighted by molar-refractivity contribution is 0.156. The molecule has 2 aliphatic carbocycles. The summed E-state index contributed by atoms with van der Waals surface area (Å²) in [4.78, 5) is 0. The quantitative estimate of drug-likeness (QED) is 0.811. The van der Waals surface area contributed by atoms with Crippen LogP contribution in [-0.2, 0) is 11.2 Å². The number of ether oxygens (including phenoxy) is 1. The minimum absolute atomic E-state index is 0.577. The van der Waals surface area contributed by atoms with Gasteiger partial charge in [-0.05, 0) is 36.3 Å². The second-order valence-corrected chi connectivity index (χ2v) is 5.41. The van der Waals surface area contributed by atoms with Crippen LogP contribution >= 0.6 is 0 Å². The zero-order chi connectivity index (χ0) is 11.7. The second-order valence-electron chi connectivity index (χ2n) is 5.41. The van der Waals surface area contributed by atoms with Gasteiger partial charge in [-0.25, -0.2) is 0 Å². The molecule has 2 nitrogen and oxygen atoms in total. The molecule has 0 spiro atoms. The molecular formula is C15H21NO. The van der Waals surface area contributed by atoms with Gasteiger partial charge < -0.3 is 10.1 Å². The standard InChI is InChI=1S/C15H21NO/c1-17-10-15(11-6-7-11)16-9-13-8-12-4-2-3-5-14(12)13/h2-5,11,13,15-16H,6-10H2,1H3. The van der Waals surface area contributed by atoms with Crippen LogP contribution in [0.25, 0.3) is 0 Å². The Kier molecular flexibility index (Phi) is 3.17. The first-order chi connectivity index (χ1) is 8.38. The first kappa shape index (κ1) is 11.2. The summed E-state index contributed by atoms with van der Waals surface area (Å²) < 4.78 is 5.30. The summed E-state index contributed by atoms with van der Waals surface area (Å²) in [5, 5.41) is 3.70. The van der Waals surface area contributed by atoms with Gasteiger partial charge in [-0.1, -0.05) is 24.3 Å². The highest BCUT2D eigenvalue weighted by molar-refractivity contribution is 5.40. The summed E-state index contributed by atoms with van der Waals surface area (Å²) in [5.74, 6) is 1.59. The predicted octanol–water partition coefficient (Wildman–Crippen LogP) is 2.34. The van der Waals surface area contributed by atoms with E-state index < -0.39 is 0 Å². The molecule has 2 heteroatoms. The van der Waals surface area contributed by atoms with Gasteiger partial charge in [0, 0.05) is 25.6 Å². The fourth-order valence-corrected chi connectivity index (χ4v) is 2.88. The molecule has 2 unspecified atom stereocenters. The highest BCUT2D eigenvalue weighted by Gasteiger charge is 2.32. The lowest BCUT2D eigenvalue weighted by atomic mass is 9.77. The smallest absolute Gasteiger partial charge is 0.0618 e. The molecule has 0 radical (unpaired) electrons. The van der Waals surface area contributed by atoms with E-state index in [1.807, 2.05) is 0 Å². The molecule has 0 aliphatic heterocycles. The first-order valence-corrected chi connectivity index (χ1v) is 6.68. The summed E-state index contributed by atoms with van der Waals surface area (Å²) in [6.07, 6.45) is 4.00. The highest BCUT2D eigenvalue weighted by Crippen LogP contribution is 2.36. The minimum atomic E-state index is 0.577. The van der Waals surface area contributed by atoms with Crippen LogP contribution in [0.3, 0.4) is 0 Å². The Morgan fingerprint density at radius 1 is 1.35 bits per heavy atom. The zero-order valence-corrected chi connectivity index (χ0v) is 10.5. The van der Waals surface area contributed by atoms with Gasteiger partial charge in [-0.3, -0.25) is 0 Å². The lowest BCUT2D eigenvalue weighted by Gasteiger charge is -2.32. The van der Waals surface area contributed by atoms with Crippen molar-refractivity contribution < 1.29 is 4.74 Å². The predicted molar refractivity (Wildman–Crippen MR) is 69.3 cm³/mol. The molecule has 92 valence electrons. The van der Waals surface area contributed by atoms with Gasteiger partial charge in [0.25, 0.3) is 0 Å². The largest absolute Gasteiger partial charge is 0.383 e. The van der Waals surface area contributed by atoms with Crippen molar-refractivity contribution in [1.29, 1.82) is 0 Å². The molecule has 2 atom stereocenters. The lowest BCUT2D eigenvalue weighted by Crippen LogP contribution is -2.40. The normalized spacial score (nSPS) is 23.9. The Morgan fingerprint density at radius 2 is 2.18 bits per heavy atom. The number of nitrogens with one attached hydrogen (secondary N) is 1. The molecule has 1 saturated carbocycles. The third kappa shape index (κ3) is 2.38. The van der Waals surface area contributed by atoms with Crippen LogP contribution in [0.5, 0.6) is 0 Å². The van der Waals surface area contributed by atoms with E-state index in [9.17, 15) is 0 Å². The molecule has 0 saturated heterocycles. The van der Waals surface area contributed by atoms with Crippen molar-refractivity contribution in [2.24, 2.45) is 5.92 Å². The fraction of sp³-hybridized carbons (Fsp3) is 0.600. The molecule has 0 bridgehead atoms. The third-order valence-electron chi connectivity index (χ3n) is 4.12. The number of benzene rings is 1. The number of rotatable bonds is 6. The average Bonchev–Trinajstić information content (AvgIpc) is 3.13. The molecule has 3 rings (SSSR count). The molecule has 1 aromatic carbocycles. The molecule has 2 aliphatic rings. The molecular weight excluding hydrogens is 210 g/mol. The Bertz CT molecular complexity index is 386. The monoisotopic (exact) mass is 231 g/mol. The average molecular weight is 231 g/mol. The van der Waals surface area contributed by atoms with Crippen molar-refractivity contribution in [2.75, 3.05) is 20.3 Å². The summed E-state index contributed by atoms with van der Waals surface area (Å²) >= 11 is 0. The van der Waals surface area contributed by atoms with E-state index in [0.29, 0.717) is 6.04 Å². The molecule has 17 heavy (non-hydrogen) atoms. The molecule has 0 aromatic heterocycles. The van der Waals surface area contributed by atoms with Crippen molar-refractivity contribution in [3.63, 3.8) is 0 Å². The Balaban J connectivity index is 1.52. The summed E-state index contributed by atoms with van der Waals surface area (Å²) in [7, 11) is 1.80. The van der Waals surface area contributed by atoms with Gasteiger partial charge in [-0.15, -0.1) is 0 Å². The van der Waals surface area contributed by atoms with Crippen molar-refractivity contribution in [3.8, 4) is 0 Å². The summed E-state index contributed by atoms with van der Waals surface area (Å²) in [6.45, 7) is 1.97. The van der Waals surface area contributed by atoms with Crippen LogP contribution in [0.2, 0.25) is 0 Å². The van der Waals surface area contributed by atoms with Crippen molar-refractivity contribution in [1.82, 2.24) is 5.32 Å². The van der Waals surface area contributed by atoms with Crippen LogP contribution in [0.15, 0.2) is 24.3 Å². The van der Waals surface area contributed by atoms with Gasteiger partial charge >= 0.3 is 0 Å². The fourth-order valence-electron chi connectivity index (χ4n) is 2.88. The van der Waals surface area contributed by atoms with Crippen LogP contribution in [0.4, 0.5) is 0 Å². The molecule has 1 aromatic rings. The Hall–Kier alpha value is -0.860. The van der Waals surface area contributed by atoms with E-state index in [1.54, 1.807) is 12.7 Å². The zero-order valence-electron chi connectivity index (χ0n) is 10.5. The number of fused-ring (bicyclic) bond motifs is 1.